The van der Waals surface area contributed by atoms with E-state index >= 15 is 0 Å². The van der Waals surface area contributed by atoms with Crippen LogP contribution in [0.4, 0.5) is 0 Å². The van der Waals surface area contributed by atoms with Crippen LogP contribution in [0.1, 0.15) is 0 Å². The number of halogens is 1. The van der Waals surface area contributed by atoms with Gasteiger partial charge in [0.25, 0.3) is 0 Å². The van der Waals surface area contributed by atoms with Crippen LogP contribution in [0.3, 0.4) is 0 Å². The summed E-state index contributed by atoms with van der Waals surface area (Å²) in [5.74, 6) is 0. The zero-order chi connectivity index (χ0) is 11.1. The maximum absolute atomic E-state index is 12.1. The first-order chi connectivity index (χ1) is 7.75. The van der Waals surface area contributed by atoms with E-state index in [1.165, 1.54) is 0 Å². The number of rotatable bonds is 0. The predicted octanol–water partition coefficient (Wildman–Crippen LogP) is 2.72. The Balaban J connectivity index is 0.00000108. The van der Waals surface area contributed by atoms with Crippen molar-refractivity contribution in [1.29, 1.82) is 0 Å². The molecule has 79 valence electrons. The quantitative estimate of drug-likeness (QED) is 0.473. The normalized spacial score (nSPS) is 10.4. The van der Waals surface area contributed by atoms with Crippen LogP contribution in [0.15, 0.2) is 50.2 Å². The molecule has 0 aliphatic rings. The average molecular weight is 299 g/mol. The van der Waals surface area contributed by atoms with Crippen molar-refractivity contribution in [3.05, 3.63) is 51.2 Å². The second-order valence-electron chi connectivity index (χ2n) is 3.43. The smallest absolute Gasteiger partial charge is 0.230 e. The number of aromatic nitrogens is 1. The number of hydrogen-bond acceptors (Lipinski definition) is 3. The zero-order valence-corrected chi connectivity index (χ0v) is 12.7. The van der Waals surface area contributed by atoms with Crippen LogP contribution in [0, 0.1) is 0 Å². The Hall–Kier alpha value is -0.680. The Morgan fingerprint density at radius 1 is 1.18 bits per heavy atom. The Morgan fingerprint density at radius 2 is 2.00 bits per heavy atom. The van der Waals surface area contributed by atoms with Gasteiger partial charge in [-0.1, -0.05) is 15.9 Å². The van der Waals surface area contributed by atoms with E-state index in [-0.39, 0.29) is 35.0 Å². The summed E-state index contributed by atoms with van der Waals surface area (Å²) in [6.07, 6.45) is 1.61. The molecule has 0 atom stereocenters. The summed E-state index contributed by atoms with van der Waals surface area (Å²) in [6, 6.07) is 8.79. The Bertz CT molecular complexity index is 754. The third-order valence-corrected chi connectivity index (χ3v) is 2.90. The molecule has 0 unspecified atom stereocenters. The van der Waals surface area contributed by atoms with Gasteiger partial charge in [0.1, 0.15) is 5.58 Å². The van der Waals surface area contributed by atoms with E-state index in [0.717, 1.165) is 4.47 Å². The van der Waals surface area contributed by atoms with E-state index in [4.69, 9.17) is 4.42 Å². The van der Waals surface area contributed by atoms with Gasteiger partial charge in [0.15, 0.2) is 0 Å². The van der Waals surface area contributed by atoms with Gasteiger partial charge in [0, 0.05) is 40.2 Å². The van der Waals surface area contributed by atoms with Gasteiger partial charge >= 0.3 is 0 Å². The summed E-state index contributed by atoms with van der Waals surface area (Å²) >= 11 is 3.33. The number of hydrogen-bond donors (Lipinski definition) is 0. The van der Waals surface area contributed by atoms with Gasteiger partial charge in [-0.15, -0.1) is 0 Å². The van der Waals surface area contributed by atoms with Crippen LogP contribution in [-0.4, -0.2) is 34.5 Å². The van der Waals surface area contributed by atoms with Gasteiger partial charge in [-0.3, -0.25) is 4.79 Å². The van der Waals surface area contributed by atoms with Crippen LogP contribution in [0.25, 0.3) is 22.1 Å². The molecule has 17 heavy (non-hydrogen) atoms. The van der Waals surface area contributed by atoms with Crippen LogP contribution in [0.2, 0.25) is 0 Å². The maximum atomic E-state index is 12.1. The van der Waals surface area contributed by atoms with Crippen molar-refractivity contribution in [3.63, 3.8) is 0 Å². The minimum absolute atomic E-state index is 0. The first kappa shape index (κ1) is 12.8. The summed E-state index contributed by atoms with van der Waals surface area (Å²) in [4.78, 5) is 16.2. The first-order valence-corrected chi connectivity index (χ1v) is 5.52. The number of pyridine rings is 1. The molecule has 0 saturated heterocycles. The molecule has 0 aliphatic heterocycles. The molecule has 1 aromatic carbocycles. The van der Waals surface area contributed by atoms with E-state index in [0.29, 0.717) is 22.1 Å². The average Bonchev–Trinajstić information content (AvgIpc) is 2.31. The number of benzene rings is 1. The molecule has 0 fully saturated rings. The Kier molecular flexibility index (Phi) is 3.68. The Morgan fingerprint density at radius 3 is 2.82 bits per heavy atom. The van der Waals surface area contributed by atoms with Crippen molar-refractivity contribution in [1.82, 2.24) is 4.98 Å². The molecule has 0 N–H and O–H groups in total. The van der Waals surface area contributed by atoms with Crippen molar-refractivity contribution in [2.45, 2.75) is 0 Å². The summed E-state index contributed by atoms with van der Waals surface area (Å²) in [6.45, 7) is 0. The Labute approximate surface area is 127 Å². The second kappa shape index (κ2) is 4.90. The topological polar surface area (TPSA) is 43.1 Å². The van der Waals surface area contributed by atoms with Gasteiger partial charge in [-0.25, -0.2) is 4.98 Å². The summed E-state index contributed by atoms with van der Waals surface area (Å²) in [5.41, 5.74) is 0.882. The molecule has 0 saturated carbocycles. The minimum atomic E-state index is -0.0503. The molecule has 3 rings (SSSR count). The molecule has 2 aromatic heterocycles. The number of nitrogens with zero attached hydrogens (tertiary/aromatic N) is 1. The molecule has 0 aliphatic carbocycles. The zero-order valence-electron chi connectivity index (χ0n) is 9.11. The molecular weight excluding hydrogens is 293 g/mol. The van der Waals surface area contributed by atoms with E-state index in [2.05, 4.69) is 20.9 Å². The van der Waals surface area contributed by atoms with Gasteiger partial charge < -0.3 is 4.42 Å². The van der Waals surface area contributed by atoms with E-state index in [1.807, 2.05) is 6.07 Å². The minimum Gasteiger partial charge on any atom is -0.437 e. The molecule has 0 bridgehead atoms. The number of fused-ring (bicyclic) bond motifs is 2. The van der Waals surface area contributed by atoms with Crippen LogP contribution in [0.5, 0.6) is 0 Å². The summed E-state index contributed by atoms with van der Waals surface area (Å²) in [5, 5.41) is 1.07. The van der Waals surface area contributed by atoms with Crippen molar-refractivity contribution in [2.24, 2.45) is 0 Å². The third kappa shape index (κ3) is 2.18. The van der Waals surface area contributed by atoms with Crippen LogP contribution < -0.4 is 5.43 Å². The standard InChI is InChI=1S/C12H6BrNO2.Na/c13-7-3-4-10-9(6-7)11(15)8-2-1-5-14-12(8)16-10;/h1-6H;. The fourth-order valence-electron chi connectivity index (χ4n) is 1.66. The van der Waals surface area contributed by atoms with Crippen LogP contribution in [-0.2, 0) is 0 Å². The summed E-state index contributed by atoms with van der Waals surface area (Å²) < 4.78 is 6.41. The van der Waals surface area contributed by atoms with Gasteiger partial charge in [-0.05, 0) is 30.3 Å². The van der Waals surface area contributed by atoms with Crippen molar-refractivity contribution in [2.75, 3.05) is 0 Å². The van der Waals surface area contributed by atoms with Gasteiger partial charge in [0.2, 0.25) is 11.1 Å². The van der Waals surface area contributed by atoms with Crippen molar-refractivity contribution in [3.8, 4) is 0 Å². The molecule has 3 nitrogen and oxygen atoms in total. The van der Waals surface area contributed by atoms with Crippen molar-refractivity contribution < 1.29 is 4.42 Å². The van der Waals surface area contributed by atoms with E-state index in [1.54, 1.807) is 30.5 Å². The molecular formula is C12H6BrNNaO2. The maximum Gasteiger partial charge on any atom is 0.230 e. The fourth-order valence-corrected chi connectivity index (χ4v) is 2.02. The monoisotopic (exact) mass is 298 g/mol. The third-order valence-electron chi connectivity index (χ3n) is 2.41. The first-order valence-electron chi connectivity index (χ1n) is 4.73. The predicted molar refractivity (Wildman–Crippen MR) is 71.2 cm³/mol. The molecule has 0 spiro atoms. The molecule has 1 radical (unpaired) electrons. The molecule has 3 aromatic rings. The van der Waals surface area contributed by atoms with E-state index in [9.17, 15) is 4.79 Å². The molecule has 2 heterocycles. The van der Waals surface area contributed by atoms with E-state index < -0.39 is 0 Å². The molecule has 5 heteroatoms. The molecule has 0 amide bonds. The van der Waals surface area contributed by atoms with Gasteiger partial charge in [-0.2, -0.15) is 0 Å². The van der Waals surface area contributed by atoms with Crippen molar-refractivity contribution >= 4 is 67.6 Å². The summed E-state index contributed by atoms with van der Waals surface area (Å²) in [7, 11) is 0. The second-order valence-corrected chi connectivity index (χ2v) is 4.34. The SMILES string of the molecule is O=c1c2cc(Br)ccc2oc2ncccc12.[Na]. The van der Waals surface area contributed by atoms with Gasteiger partial charge in [0.05, 0.1) is 10.8 Å². The fraction of sp³-hybridized carbons (Fsp3) is 0. The largest absolute Gasteiger partial charge is 0.437 e. The van der Waals surface area contributed by atoms with Crippen LogP contribution >= 0.6 is 15.9 Å².